The third kappa shape index (κ3) is 7.74. The Kier molecular flexibility index (Phi) is 7.99. The Labute approximate surface area is 123 Å². The molecule has 0 saturated heterocycles. The highest BCUT2D eigenvalue weighted by Gasteiger charge is 2.13. The van der Waals surface area contributed by atoms with Crippen molar-refractivity contribution >= 4 is 9.76 Å². The molecular formula is C15H25FO3Si. The lowest BCUT2D eigenvalue weighted by Gasteiger charge is -2.23. The fourth-order valence-electron chi connectivity index (χ4n) is 1.66. The van der Waals surface area contributed by atoms with Gasteiger partial charge in [-0.3, -0.25) is 0 Å². The van der Waals surface area contributed by atoms with Crippen molar-refractivity contribution in [3.63, 3.8) is 0 Å². The highest BCUT2D eigenvalue weighted by atomic mass is 28.2. The van der Waals surface area contributed by atoms with Crippen molar-refractivity contribution in [3.8, 4) is 0 Å². The first-order valence-electron chi connectivity index (χ1n) is 7.14. The lowest BCUT2D eigenvalue weighted by atomic mass is 10.2. The number of hydrogen-bond acceptors (Lipinski definition) is 3. The second kappa shape index (κ2) is 9.23. The molecule has 0 heterocycles. The minimum atomic E-state index is -0.719. The standard InChI is InChI=1S/C15H25FO3Si/c1-11(2)17-15(18-12(3)4)19-20-10-9-13-5-7-14(16)8-6-13/h5-8,11-12,15H,9-10,20H2,1-4H3. The highest BCUT2D eigenvalue weighted by Crippen LogP contribution is 2.08. The topological polar surface area (TPSA) is 27.7 Å². The van der Waals surface area contributed by atoms with Gasteiger partial charge in [0.25, 0.3) is 6.48 Å². The minimum Gasteiger partial charge on any atom is -0.379 e. The first kappa shape index (κ1) is 17.3. The summed E-state index contributed by atoms with van der Waals surface area (Å²) in [6.45, 7) is 7.27. The molecule has 1 aromatic carbocycles. The van der Waals surface area contributed by atoms with Gasteiger partial charge in [0.1, 0.15) is 5.82 Å². The maximum absolute atomic E-state index is 12.8. The van der Waals surface area contributed by atoms with Crippen molar-refractivity contribution < 1.29 is 18.3 Å². The molecule has 0 bridgehead atoms. The number of halogens is 1. The second-order valence-electron chi connectivity index (χ2n) is 5.26. The molecule has 1 aromatic rings. The molecule has 114 valence electrons. The summed E-state index contributed by atoms with van der Waals surface area (Å²) in [5.41, 5.74) is 1.13. The molecule has 0 N–H and O–H groups in total. The van der Waals surface area contributed by atoms with Gasteiger partial charge < -0.3 is 13.9 Å². The molecule has 5 heteroatoms. The van der Waals surface area contributed by atoms with Crippen LogP contribution in [0.1, 0.15) is 33.3 Å². The van der Waals surface area contributed by atoms with Crippen molar-refractivity contribution in [2.45, 2.75) is 58.8 Å². The van der Waals surface area contributed by atoms with E-state index in [0.717, 1.165) is 18.0 Å². The zero-order chi connectivity index (χ0) is 15.0. The monoisotopic (exact) mass is 300 g/mol. The fraction of sp³-hybridized carbons (Fsp3) is 0.600. The van der Waals surface area contributed by atoms with Gasteiger partial charge in [-0.05, 0) is 57.9 Å². The van der Waals surface area contributed by atoms with Crippen molar-refractivity contribution in [1.29, 1.82) is 0 Å². The molecule has 0 amide bonds. The van der Waals surface area contributed by atoms with Gasteiger partial charge in [-0.25, -0.2) is 4.39 Å². The summed E-state index contributed by atoms with van der Waals surface area (Å²) in [5, 5.41) is 0. The minimum absolute atomic E-state index is 0.0739. The fourth-order valence-corrected chi connectivity index (χ4v) is 2.73. The van der Waals surface area contributed by atoms with Crippen molar-refractivity contribution in [1.82, 2.24) is 0 Å². The predicted octanol–water partition coefficient (Wildman–Crippen LogP) is 3.02. The molecule has 0 atom stereocenters. The molecule has 0 aliphatic rings. The molecule has 20 heavy (non-hydrogen) atoms. The van der Waals surface area contributed by atoms with Crippen molar-refractivity contribution in [2.75, 3.05) is 0 Å². The average Bonchev–Trinajstić information content (AvgIpc) is 2.35. The zero-order valence-corrected chi connectivity index (χ0v) is 14.2. The Balaban J connectivity index is 2.27. The summed E-state index contributed by atoms with van der Waals surface area (Å²) in [4.78, 5) is 0. The van der Waals surface area contributed by atoms with Crippen molar-refractivity contribution in [3.05, 3.63) is 35.6 Å². The Morgan fingerprint density at radius 3 is 2.05 bits per heavy atom. The molecular weight excluding hydrogens is 275 g/mol. The summed E-state index contributed by atoms with van der Waals surface area (Å²) >= 11 is 0. The van der Waals surface area contributed by atoms with Gasteiger partial charge in [0.2, 0.25) is 0 Å². The summed E-state index contributed by atoms with van der Waals surface area (Å²) in [6.07, 6.45) is 1.05. The maximum Gasteiger partial charge on any atom is 0.262 e. The van der Waals surface area contributed by atoms with Gasteiger partial charge in [-0.2, -0.15) is 0 Å². The van der Waals surface area contributed by atoms with Gasteiger partial charge in [0, 0.05) is 0 Å². The molecule has 0 aliphatic carbocycles. The lowest BCUT2D eigenvalue weighted by Crippen LogP contribution is -2.28. The first-order chi connectivity index (χ1) is 9.47. The number of benzene rings is 1. The van der Waals surface area contributed by atoms with Crippen LogP contribution in [-0.2, 0) is 20.3 Å². The van der Waals surface area contributed by atoms with E-state index in [1.165, 1.54) is 12.1 Å². The summed E-state index contributed by atoms with van der Waals surface area (Å²) in [5.74, 6) is -0.196. The van der Waals surface area contributed by atoms with Gasteiger partial charge in [-0.1, -0.05) is 12.1 Å². The van der Waals surface area contributed by atoms with E-state index >= 15 is 0 Å². The third-order valence-corrected chi connectivity index (χ3v) is 3.69. The van der Waals surface area contributed by atoms with E-state index < -0.39 is 16.2 Å². The number of hydrogen-bond donors (Lipinski definition) is 0. The Morgan fingerprint density at radius 1 is 1.00 bits per heavy atom. The largest absolute Gasteiger partial charge is 0.379 e. The molecule has 0 saturated carbocycles. The predicted molar refractivity (Wildman–Crippen MR) is 80.8 cm³/mol. The van der Waals surface area contributed by atoms with Crippen LogP contribution in [0.5, 0.6) is 0 Å². The van der Waals surface area contributed by atoms with Crippen LogP contribution in [0.25, 0.3) is 0 Å². The van der Waals surface area contributed by atoms with Crippen LogP contribution in [0.2, 0.25) is 6.04 Å². The van der Waals surface area contributed by atoms with Gasteiger partial charge in [-0.15, -0.1) is 0 Å². The normalized spacial score (nSPS) is 12.4. The van der Waals surface area contributed by atoms with E-state index in [1.54, 1.807) is 0 Å². The van der Waals surface area contributed by atoms with Crippen LogP contribution in [0.15, 0.2) is 24.3 Å². The van der Waals surface area contributed by atoms with Gasteiger partial charge in [0.15, 0.2) is 9.76 Å². The van der Waals surface area contributed by atoms with Gasteiger partial charge in [0.05, 0.1) is 12.2 Å². The van der Waals surface area contributed by atoms with Crippen LogP contribution in [-0.4, -0.2) is 28.4 Å². The first-order valence-corrected chi connectivity index (χ1v) is 8.72. The van der Waals surface area contributed by atoms with E-state index in [2.05, 4.69) is 0 Å². The van der Waals surface area contributed by atoms with Crippen LogP contribution in [0.3, 0.4) is 0 Å². The Morgan fingerprint density at radius 2 is 1.55 bits per heavy atom. The molecule has 0 aromatic heterocycles. The van der Waals surface area contributed by atoms with E-state index in [4.69, 9.17) is 13.9 Å². The quantitative estimate of drug-likeness (QED) is 0.398. The van der Waals surface area contributed by atoms with E-state index in [-0.39, 0.29) is 18.0 Å². The highest BCUT2D eigenvalue weighted by molar-refractivity contribution is 6.27. The summed E-state index contributed by atoms with van der Waals surface area (Å²) < 4.78 is 29.6. The van der Waals surface area contributed by atoms with E-state index in [0.29, 0.717) is 0 Å². The number of rotatable bonds is 9. The number of ether oxygens (including phenoxy) is 2. The Hall–Kier alpha value is -0.753. The summed E-state index contributed by atoms with van der Waals surface area (Å²) in [7, 11) is -0.719. The van der Waals surface area contributed by atoms with Crippen molar-refractivity contribution in [2.24, 2.45) is 0 Å². The zero-order valence-electron chi connectivity index (χ0n) is 12.8. The molecule has 1 rings (SSSR count). The van der Waals surface area contributed by atoms with E-state index in [9.17, 15) is 4.39 Å². The average molecular weight is 300 g/mol. The molecule has 0 fully saturated rings. The van der Waals surface area contributed by atoms with Crippen LogP contribution in [0.4, 0.5) is 4.39 Å². The molecule has 0 radical (unpaired) electrons. The van der Waals surface area contributed by atoms with E-state index in [1.807, 2.05) is 39.8 Å². The molecule has 3 nitrogen and oxygen atoms in total. The summed E-state index contributed by atoms with van der Waals surface area (Å²) in [6, 6.07) is 7.59. The Bertz CT molecular complexity index is 358. The molecule has 0 aliphatic heterocycles. The molecule has 0 spiro atoms. The number of aryl methyl sites for hydroxylation is 1. The van der Waals surface area contributed by atoms with Gasteiger partial charge >= 0.3 is 0 Å². The smallest absolute Gasteiger partial charge is 0.262 e. The van der Waals surface area contributed by atoms with Crippen LogP contribution < -0.4 is 0 Å². The maximum atomic E-state index is 12.8. The SMILES string of the molecule is CC(C)OC(O[SiH2]CCc1ccc(F)cc1)OC(C)C. The molecule has 0 unspecified atom stereocenters. The lowest BCUT2D eigenvalue weighted by molar-refractivity contribution is -0.275. The van der Waals surface area contributed by atoms with Crippen LogP contribution in [0, 0.1) is 5.82 Å². The third-order valence-electron chi connectivity index (χ3n) is 2.54. The van der Waals surface area contributed by atoms with Crippen LogP contribution >= 0.6 is 0 Å². The second-order valence-corrected chi connectivity index (χ2v) is 6.71.